The van der Waals surface area contributed by atoms with Crippen LogP contribution in [0.4, 0.5) is 13.2 Å². The van der Waals surface area contributed by atoms with E-state index < -0.39 is 23.5 Å². The number of halogens is 5. The second-order valence-corrected chi connectivity index (χ2v) is 5.88. The summed E-state index contributed by atoms with van der Waals surface area (Å²) in [6, 6.07) is 3.71. The van der Waals surface area contributed by atoms with E-state index in [1.807, 2.05) is 0 Å². The van der Waals surface area contributed by atoms with Crippen LogP contribution < -0.4 is 5.32 Å². The molecule has 1 aromatic carbocycles. The first-order valence-electron chi connectivity index (χ1n) is 6.52. The zero-order valence-corrected chi connectivity index (χ0v) is 13.6. The van der Waals surface area contributed by atoms with Crippen LogP contribution in [0.5, 0.6) is 0 Å². The number of rotatable bonds is 3. The van der Waals surface area contributed by atoms with E-state index in [0.29, 0.717) is 0 Å². The lowest BCUT2D eigenvalue weighted by molar-refractivity contribution is -0.142. The first kappa shape index (κ1) is 17.6. The number of alkyl halides is 3. The Bertz CT molecular complexity index is 741. The molecule has 0 fully saturated rings. The number of nitrogens with zero attached hydrogens (tertiary/aromatic N) is 2. The molecule has 1 amide bonds. The molecule has 1 heterocycles. The Labute approximate surface area is 140 Å². The van der Waals surface area contributed by atoms with Crippen molar-refractivity contribution in [2.24, 2.45) is 0 Å². The summed E-state index contributed by atoms with van der Waals surface area (Å²) in [4.78, 5) is 15.6. The lowest BCUT2D eigenvalue weighted by Crippen LogP contribution is -2.32. The first-order valence-corrected chi connectivity index (χ1v) is 7.27. The Morgan fingerprint density at radius 1 is 1.30 bits per heavy atom. The quantitative estimate of drug-likeness (QED) is 0.879. The second-order valence-electron chi connectivity index (χ2n) is 5.03. The van der Waals surface area contributed by atoms with Gasteiger partial charge in [-0.2, -0.15) is 13.2 Å². The van der Waals surface area contributed by atoms with Gasteiger partial charge in [-0.25, -0.2) is 4.98 Å². The maximum absolute atomic E-state index is 13.4. The number of aromatic nitrogens is 2. The molecule has 124 valence electrons. The minimum Gasteiger partial charge on any atom is -0.348 e. The summed E-state index contributed by atoms with van der Waals surface area (Å²) >= 11 is 11.7. The normalized spacial score (nSPS) is 11.8. The van der Waals surface area contributed by atoms with Gasteiger partial charge in [0, 0.05) is 11.1 Å². The van der Waals surface area contributed by atoms with Gasteiger partial charge in [0.05, 0.1) is 10.7 Å². The molecule has 0 aliphatic rings. The molecule has 0 radical (unpaired) electrons. The van der Waals surface area contributed by atoms with Gasteiger partial charge in [-0.1, -0.05) is 23.2 Å². The average Bonchev–Trinajstić information content (AvgIpc) is 2.82. The molecule has 0 bridgehead atoms. The summed E-state index contributed by atoms with van der Waals surface area (Å²) in [5, 5.41) is 2.68. The Balaban J connectivity index is 2.62. The van der Waals surface area contributed by atoms with Crippen molar-refractivity contribution >= 4 is 29.1 Å². The molecule has 0 aliphatic carbocycles. The first-order chi connectivity index (χ1) is 10.6. The Kier molecular flexibility index (Phi) is 4.91. The fraction of sp³-hybridized carbons (Fsp3) is 0.286. The number of hydrogen-bond donors (Lipinski definition) is 1. The maximum atomic E-state index is 13.4. The van der Waals surface area contributed by atoms with Crippen molar-refractivity contribution < 1.29 is 18.0 Å². The summed E-state index contributed by atoms with van der Waals surface area (Å²) in [5.74, 6) is -0.906. The lowest BCUT2D eigenvalue weighted by Gasteiger charge is -2.14. The third-order valence-corrected chi connectivity index (χ3v) is 3.38. The molecular weight excluding hydrogens is 354 g/mol. The molecule has 9 heteroatoms. The van der Waals surface area contributed by atoms with E-state index in [1.54, 1.807) is 13.8 Å². The Hall–Kier alpha value is -1.73. The Morgan fingerprint density at radius 3 is 2.48 bits per heavy atom. The SMILES string of the molecule is CC(C)NC(=O)c1ncn(-c2ccc(Cl)cc2Cl)c1C(F)(F)F. The molecule has 23 heavy (non-hydrogen) atoms. The van der Waals surface area contributed by atoms with E-state index in [2.05, 4.69) is 10.3 Å². The third-order valence-electron chi connectivity index (χ3n) is 2.84. The molecule has 1 N–H and O–H groups in total. The van der Waals surface area contributed by atoms with Gasteiger partial charge >= 0.3 is 6.18 Å². The zero-order chi connectivity index (χ0) is 17.4. The van der Waals surface area contributed by atoms with Gasteiger partial charge in [0.15, 0.2) is 11.4 Å². The topological polar surface area (TPSA) is 46.9 Å². The molecule has 0 saturated carbocycles. The van der Waals surface area contributed by atoms with Crippen molar-refractivity contribution in [1.29, 1.82) is 0 Å². The van der Waals surface area contributed by atoms with Crippen LogP contribution in [-0.4, -0.2) is 21.5 Å². The summed E-state index contributed by atoms with van der Waals surface area (Å²) in [5.41, 5.74) is -1.88. The summed E-state index contributed by atoms with van der Waals surface area (Å²) < 4.78 is 41.0. The van der Waals surface area contributed by atoms with Gasteiger partial charge in [0.25, 0.3) is 5.91 Å². The molecule has 1 aromatic heterocycles. The number of nitrogens with one attached hydrogen (secondary N) is 1. The Morgan fingerprint density at radius 2 is 1.96 bits per heavy atom. The van der Waals surface area contributed by atoms with Crippen molar-refractivity contribution in [2.45, 2.75) is 26.1 Å². The van der Waals surface area contributed by atoms with Crippen molar-refractivity contribution in [3.63, 3.8) is 0 Å². The number of amides is 1. The summed E-state index contributed by atoms with van der Waals surface area (Å²) in [6.07, 6.45) is -3.88. The van der Waals surface area contributed by atoms with Crippen LogP contribution in [-0.2, 0) is 6.18 Å². The highest BCUT2D eigenvalue weighted by Gasteiger charge is 2.41. The van der Waals surface area contributed by atoms with Crippen molar-refractivity contribution in [3.8, 4) is 5.69 Å². The van der Waals surface area contributed by atoms with Crippen molar-refractivity contribution in [3.05, 3.63) is 46.0 Å². The molecule has 0 saturated heterocycles. The van der Waals surface area contributed by atoms with Gasteiger partial charge in [0.1, 0.15) is 6.33 Å². The smallest absolute Gasteiger partial charge is 0.348 e. The van der Waals surface area contributed by atoms with Crippen LogP contribution in [0.15, 0.2) is 24.5 Å². The molecule has 2 aromatic rings. The number of carbonyl (C=O) groups excluding carboxylic acids is 1. The molecule has 0 aliphatic heterocycles. The molecule has 0 atom stereocenters. The number of imidazole rings is 1. The van der Waals surface area contributed by atoms with E-state index >= 15 is 0 Å². The average molecular weight is 366 g/mol. The highest BCUT2D eigenvalue weighted by molar-refractivity contribution is 6.35. The standard InChI is InChI=1S/C14H12Cl2F3N3O/c1-7(2)21-13(23)11-12(14(17,18)19)22(6-20-11)10-4-3-8(15)5-9(10)16/h3-7H,1-2H3,(H,21,23). The number of benzene rings is 1. The number of carbonyl (C=O) groups is 1. The summed E-state index contributed by atoms with van der Waals surface area (Å²) in [7, 11) is 0. The third kappa shape index (κ3) is 3.79. The van der Waals surface area contributed by atoms with Crippen LogP contribution in [0.1, 0.15) is 30.0 Å². The van der Waals surface area contributed by atoms with Crippen LogP contribution in [0.3, 0.4) is 0 Å². The molecule has 0 unspecified atom stereocenters. The minimum atomic E-state index is -4.79. The molecular formula is C14H12Cl2F3N3O. The fourth-order valence-electron chi connectivity index (χ4n) is 1.98. The van der Waals surface area contributed by atoms with Crippen LogP contribution in [0, 0.1) is 0 Å². The highest BCUT2D eigenvalue weighted by atomic mass is 35.5. The van der Waals surface area contributed by atoms with Gasteiger partial charge in [-0.15, -0.1) is 0 Å². The van der Waals surface area contributed by atoms with E-state index in [9.17, 15) is 18.0 Å². The fourth-order valence-corrected chi connectivity index (χ4v) is 2.47. The van der Waals surface area contributed by atoms with Gasteiger partial charge < -0.3 is 5.32 Å². The highest BCUT2D eigenvalue weighted by Crippen LogP contribution is 2.35. The van der Waals surface area contributed by atoms with Crippen LogP contribution >= 0.6 is 23.2 Å². The van der Waals surface area contributed by atoms with Crippen LogP contribution in [0.2, 0.25) is 10.0 Å². The van der Waals surface area contributed by atoms with E-state index in [1.165, 1.54) is 18.2 Å². The molecule has 4 nitrogen and oxygen atoms in total. The van der Waals surface area contributed by atoms with Crippen molar-refractivity contribution in [2.75, 3.05) is 0 Å². The number of hydrogen-bond acceptors (Lipinski definition) is 2. The van der Waals surface area contributed by atoms with Gasteiger partial charge in [0.2, 0.25) is 0 Å². The van der Waals surface area contributed by atoms with Gasteiger partial charge in [-0.05, 0) is 32.0 Å². The summed E-state index contributed by atoms with van der Waals surface area (Å²) in [6.45, 7) is 3.27. The zero-order valence-electron chi connectivity index (χ0n) is 12.1. The van der Waals surface area contributed by atoms with Crippen LogP contribution in [0.25, 0.3) is 5.69 Å². The minimum absolute atomic E-state index is 0.0104. The van der Waals surface area contributed by atoms with E-state index in [-0.39, 0.29) is 21.8 Å². The predicted molar refractivity (Wildman–Crippen MR) is 81.2 cm³/mol. The molecule has 0 spiro atoms. The lowest BCUT2D eigenvalue weighted by atomic mass is 10.2. The predicted octanol–water partition coefficient (Wildman–Crippen LogP) is 4.34. The monoisotopic (exact) mass is 365 g/mol. The van der Waals surface area contributed by atoms with E-state index in [4.69, 9.17) is 23.2 Å². The molecule has 2 rings (SSSR count). The maximum Gasteiger partial charge on any atom is 0.434 e. The van der Waals surface area contributed by atoms with E-state index in [0.717, 1.165) is 10.9 Å². The van der Waals surface area contributed by atoms with Crippen molar-refractivity contribution in [1.82, 2.24) is 14.9 Å². The second kappa shape index (κ2) is 6.41. The van der Waals surface area contributed by atoms with Gasteiger partial charge in [-0.3, -0.25) is 9.36 Å². The largest absolute Gasteiger partial charge is 0.434 e.